The van der Waals surface area contributed by atoms with Crippen LogP contribution in [0.5, 0.6) is 0 Å². The number of amides is 1. The first-order valence-electron chi connectivity index (χ1n) is 11.3. The Morgan fingerprint density at radius 1 is 0.935 bits per heavy atom. The van der Waals surface area contributed by atoms with Crippen LogP contribution in [0.2, 0.25) is 0 Å². The lowest BCUT2D eigenvalue weighted by atomic mass is 9.63. The lowest BCUT2D eigenvalue weighted by Gasteiger charge is -2.44. The monoisotopic (exact) mass is 412 g/mol. The van der Waals surface area contributed by atoms with Crippen molar-refractivity contribution in [2.24, 2.45) is 11.7 Å². The second-order valence-corrected chi connectivity index (χ2v) is 8.78. The number of rotatable bonds is 7. The summed E-state index contributed by atoms with van der Waals surface area (Å²) in [5.74, 6) is -0.114. The van der Waals surface area contributed by atoms with E-state index in [4.69, 9.17) is 5.73 Å². The molecule has 0 radical (unpaired) electrons. The van der Waals surface area contributed by atoms with Crippen LogP contribution in [0.3, 0.4) is 0 Å². The first-order chi connectivity index (χ1) is 15.1. The van der Waals surface area contributed by atoms with E-state index >= 15 is 0 Å². The van der Waals surface area contributed by atoms with Gasteiger partial charge < -0.3 is 10.6 Å². The van der Waals surface area contributed by atoms with E-state index < -0.39 is 5.41 Å². The van der Waals surface area contributed by atoms with E-state index in [0.29, 0.717) is 0 Å². The Balaban J connectivity index is 1.63. The van der Waals surface area contributed by atoms with Gasteiger partial charge in [-0.1, -0.05) is 90.5 Å². The summed E-state index contributed by atoms with van der Waals surface area (Å²) >= 11 is 0. The van der Waals surface area contributed by atoms with Crippen LogP contribution in [0, 0.1) is 12.8 Å². The van der Waals surface area contributed by atoms with Crippen molar-refractivity contribution in [1.29, 1.82) is 0 Å². The fourth-order valence-electron chi connectivity index (χ4n) is 5.18. The van der Waals surface area contributed by atoms with Gasteiger partial charge in [-0.3, -0.25) is 4.79 Å². The summed E-state index contributed by atoms with van der Waals surface area (Å²) < 4.78 is 0. The van der Waals surface area contributed by atoms with Gasteiger partial charge in [-0.2, -0.15) is 0 Å². The maximum absolute atomic E-state index is 13.2. The lowest BCUT2D eigenvalue weighted by molar-refractivity contribution is -0.124. The third kappa shape index (κ3) is 4.42. The van der Waals surface area contributed by atoms with Crippen molar-refractivity contribution in [2.45, 2.75) is 31.6 Å². The molecule has 0 bridgehead atoms. The Bertz CT molecular complexity index is 943. The SMILES string of the molecule is Cc1ccc(CCN2CCCC(C(C(N)=O)(c3ccccc3)c3ccccc3)C2)cc1. The zero-order chi connectivity index (χ0) is 21.7. The minimum absolute atomic E-state index is 0.140. The number of piperidine rings is 1. The van der Waals surface area contributed by atoms with Crippen molar-refractivity contribution in [3.05, 3.63) is 107 Å². The second kappa shape index (κ2) is 9.49. The zero-order valence-corrected chi connectivity index (χ0v) is 18.3. The summed E-state index contributed by atoms with van der Waals surface area (Å²) in [7, 11) is 0. The molecule has 4 rings (SSSR count). The third-order valence-electron chi connectivity index (χ3n) is 6.80. The number of benzene rings is 3. The molecule has 3 aromatic rings. The molecule has 3 heteroatoms. The van der Waals surface area contributed by atoms with Gasteiger partial charge in [-0.05, 0) is 55.3 Å². The van der Waals surface area contributed by atoms with Crippen LogP contribution in [-0.4, -0.2) is 30.4 Å². The van der Waals surface area contributed by atoms with Gasteiger partial charge in [0.2, 0.25) is 5.91 Å². The van der Waals surface area contributed by atoms with Crippen LogP contribution >= 0.6 is 0 Å². The Morgan fingerprint density at radius 3 is 2.06 bits per heavy atom. The van der Waals surface area contributed by atoms with Gasteiger partial charge in [0.25, 0.3) is 0 Å². The summed E-state index contributed by atoms with van der Waals surface area (Å²) in [5.41, 5.74) is 10.1. The molecule has 0 aliphatic carbocycles. The van der Waals surface area contributed by atoms with E-state index in [1.807, 2.05) is 36.4 Å². The predicted molar refractivity (Wildman–Crippen MR) is 127 cm³/mol. The summed E-state index contributed by atoms with van der Waals surface area (Å²) in [6, 6.07) is 29.1. The quantitative estimate of drug-likeness (QED) is 0.610. The fraction of sp³-hybridized carbons (Fsp3) is 0.321. The summed E-state index contributed by atoms with van der Waals surface area (Å²) in [4.78, 5) is 15.8. The number of likely N-dealkylation sites (tertiary alicyclic amines) is 1. The molecule has 0 spiro atoms. The molecule has 3 aromatic carbocycles. The Labute approximate surface area is 185 Å². The number of hydrogen-bond acceptors (Lipinski definition) is 2. The van der Waals surface area contributed by atoms with E-state index in [1.165, 1.54) is 11.1 Å². The van der Waals surface area contributed by atoms with Crippen LogP contribution in [0.15, 0.2) is 84.9 Å². The van der Waals surface area contributed by atoms with Crippen LogP contribution in [-0.2, 0) is 16.6 Å². The molecule has 1 aliphatic rings. The van der Waals surface area contributed by atoms with Gasteiger partial charge in [-0.25, -0.2) is 0 Å². The largest absolute Gasteiger partial charge is 0.369 e. The maximum Gasteiger partial charge on any atom is 0.232 e. The first-order valence-corrected chi connectivity index (χ1v) is 11.3. The third-order valence-corrected chi connectivity index (χ3v) is 6.80. The molecule has 1 heterocycles. The number of hydrogen-bond donors (Lipinski definition) is 1. The highest BCUT2D eigenvalue weighted by Gasteiger charge is 2.48. The molecule has 3 nitrogen and oxygen atoms in total. The van der Waals surface area contributed by atoms with Crippen molar-refractivity contribution in [3.63, 3.8) is 0 Å². The molecular weight excluding hydrogens is 380 g/mol. The van der Waals surface area contributed by atoms with Gasteiger partial charge in [0, 0.05) is 13.1 Å². The number of carbonyl (C=O) groups excluding carboxylic acids is 1. The average molecular weight is 413 g/mol. The van der Waals surface area contributed by atoms with Crippen LogP contribution in [0.1, 0.15) is 35.1 Å². The molecule has 160 valence electrons. The van der Waals surface area contributed by atoms with Gasteiger partial charge in [0.15, 0.2) is 0 Å². The number of primary amides is 1. The Morgan fingerprint density at radius 2 is 1.52 bits per heavy atom. The molecule has 2 N–H and O–H groups in total. The van der Waals surface area contributed by atoms with Crippen LogP contribution < -0.4 is 5.73 Å². The number of carbonyl (C=O) groups is 1. The van der Waals surface area contributed by atoms with Crippen LogP contribution in [0.4, 0.5) is 0 Å². The molecule has 31 heavy (non-hydrogen) atoms. The van der Waals surface area contributed by atoms with Gasteiger partial charge in [0.1, 0.15) is 5.41 Å². The molecule has 1 unspecified atom stereocenters. The Kier molecular flexibility index (Phi) is 6.53. The second-order valence-electron chi connectivity index (χ2n) is 8.78. The average Bonchev–Trinajstić information content (AvgIpc) is 2.81. The molecule has 1 fully saturated rings. The highest BCUT2D eigenvalue weighted by molar-refractivity contribution is 5.91. The maximum atomic E-state index is 13.2. The number of nitrogens with two attached hydrogens (primary N) is 1. The van der Waals surface area contributed by atoms with Gasteiger partial charge in [-0.15, -0.1) is 0 Å². The van der Waals surface area contributed by atoms with Crippen molar-refractivity contribution in [1.82, 2.24) is 4.90 Å². The number of aryl methyl sites for hydroxylation is 1. The molecular formula is C28H32N2O. The summed E-state index contributed by atoms with van der Waals surface area (Å²) in [6.07, 6.45) is 3.09. The molecule has 1 saturated heterocycles. The van der Waals surface area contributed by atoms with E-state index in [-0.39, 0.29) is 11.8 Å². The summed E-state index contributed by atoms with van der Waals surface area (Å²) in [5, 5.41) is 0. The van der Waals surface area contributed by atoms with Crippen LogP contribution in [0.25, 0.3) is 0 Å². The standard InChI is InChI=1S/C28H32N2O/c1-22-14-16-23(17-15-22)18-20-30-19-8-13-26(21-30)28(27(29)31,24-9-4-2-5-10-24)25-11-6-3-7-12-25/h2-7,9-12,14-17,26H,8,13,18-21H2,1H3,(H2,29,31). The highest BCUT2D eigenvalue weighted by Crippen LogP contribution is 2.43. The normalized spacial score (nSPS) is 17.4. The zero-order valence-electron chi connectivity index (χ0n) is 18.3. The van der Waals surface area contributed by atoms with Gasteiger partial charge >= 0.3 is 0 Å². The predicted octanol–water partition coefficient (Wildman–Crippen LogP) is 4.72. The fourth-order valence-corrected chi connectivity index (χ4v) is 5.18. The molecule has 1 amide bonds. The minimum atomic E-state index is -0.814. The summed E-state index contributed by atoms with van der Waals surface area (Å²) in [6.45, 7) is 5.06. The molecule has 0 saturated carbocycles. The smallest absolute Gasteiger partial charge is 0.232 e. The van der Waals surface area contributed by atoms with E-state index in [1.54, 1.807) is 0 Å². The molecule has 1 aliphatic heterocycles. The Hall–Kier alpha value is -2.91. The van der Waals surface area contributed by atoms with E-state index in [0.717, 1.165) is 50.0 Å². The van der Waals surface area contributed by atoms with Gasteiger partial charge in [0.05, 0.1) is 0 Å². The number of nitrogens with zero attached hydrogens (tertiary/aromatic N) is 1. The lowest BCUT2D eigenvalue weighted by Crippen LogP contribution is -2.53. The molecule has 0 aromatic heterocycles. The van der Waals surface area contributed by atoms with Crippen molar-refractivity contribution >= 4 is 5.91 Å². The highest BCUT2D eigenvalue weighted by atomic mass is 16.1. The van der Waals surface area contributed by atoms with Crippen molar-refractivity contribution in [2.75, 3.05) is 19.6 Å². The molecule has 1 atom stereocenters. The van der Waals surface area contributed by atoms with Crippen molar-refractivity contribution in [3.8, 4) is 0 Å². The first kappa shape index (κ1) is 21.3. The van der Waals surface area contributed by atoms with E-state index in [9.17, 15) is 4.79 Å². The minimum Gasteiger partial charge on any atom is -0.369 e. The van der Waals surface area contributed by atoms with Crippen molar-refractivity contribution < 1.29 is 4.79 Å². The van der Waals surface area contributed by atoms with E-state index in [2.05, 4.69) is 60.4 Å². The topological polar surface area (TPSA) is 46.3 Å².